The van der Waals surface area contributed by atoms with E-state index in [0.717, 1.165) is 0 Å². The lowest BCUT2D eigenvalue weighted by Gasteiger charge is -2.17. The van der Waals surface area contributed by atoms with E-state index in [4.69, 9.17) is 15.2 Å². The van der Waals surface area contributed by atoms with Gasteiger partial charge in [-0.1, -0.05) is 12.1 Å². The smallest absolute Gasteiger partial charge is 0.423 e. The monoisotopic (exact) mass is 298 g/mol. The summed E-state index contributed by atoms with van der Waals surface area (Å²) in [6, 6.07) is 6.27. The minimum absolute atomic E-state index is 0.113. The van der Waals surface area contributed by atoms with Crippen LogP contribution in [0.4, 0.5) is 5.69 Å². The fourth-order valence-corrected chi connectivity index (χ4v) is 3.20. The predicted octanol–water partition coefficient (Wildman–Crippen LogP) is -1.99. The largest absolute Gasteiger partial charge is 0.488 e. The first-order valence-electron chi connectivity index (χ1n) is 6.03. The van der Waals surface area contributed by atoms with Crippen LogP contribution in [0.1, 0.15) is 6.42 Å². The molecule has 0 aliphatic carbocycles. The number of carbonyl (C=O) groups is 1. The van der Waals surface area contributed by atoms with Crippen molar-refractivity contribution >= 4 is 34.2 Å². The summed E-state index contributed by atoms with van der Waals surface area (Å²) in [7, 11) is -5.23. The fourth-order valence-electron chi connectivity index (χ4n) is 2.32. The zero-order chi connectivity index (χ0) is 14.9. The zero-order valence-corrected chi connectivity index (χ0v) is 11.5. The van der Waals surface area contributed by atoms with Crippen molar-refractivity contribution in [2.24, 2.45) is 11.1 Å². The average molecular weight is 298 g/mol. The molecule has 0 radical (unpaired) electrons. The highest BCUT2D eigenvalue weighted by Crippen LogP contribution is 2.24. The maximum Gasteiger partial charge on any atom is 0.488 e. The van der Waals surface area contributed by atoms with Crippen LogP contribution in [0, 0.1) is 5.92 Å². The molecule has 1 aromatic carbocycles. The van der Waals surface area contributed by atoms with E-state index in [9.17, 15) is 13.2 Å². The number of anilines is 1. The number of carbonyl (C=O) groups excluding carboxylic acids is 1. The third-order valence-electron chi connectivity index (χ3n) is 3.15. The standard InChI is InChI=1S/C11H15BN2O5S/c13-20(18,19)7-8-4-11(15)14(6-8)10-3-1-2-9(5-10)12(16)17/h1-3,5,8,16-17H,4,6-7H2,(H2,13,18,19). The number of rotatable bonds is 4. The van der Waals surface area contributed by atoms with Gasteiger partial charge < -0.3 is 14.9 Å². The van der Waals surface area contributed by atoms with Gasteiger partial charge in [-0.25, -0.2) is 13.6 Å². The highest BCUT2D eigenvalue weighted by atomic mass is 32.2. The van der Waals surface area contributed by atoms with Crippen molar-refractivity contribution in [2.75, 3.05) is 17.2 Å². The molecule has 4 N–H and O–H groups in total. The first-order valence-corrected chi connectivity index (χ1v) is 7.75. The van der Waals surface area contributed by atoms with Gasteiger partial charge in [0, 0.05) is 24.6 Å². The van der Waals surface area contributed by atoms with Gasteiger partial charge in [0.15, 0.2) is 0 Å². The molecule has 20 heavy (non-hydrogen) atoms. The highest BCUT2D eigenvalue weighted by Gasteiger charge is 2.33. The second kappa shape index (κ2) is 5.53. The summed E-state index contributed by atoms with van der Waals surface area (Å²) in [6.45, 7) is 0.250. The average Bonchev–Trinajstić information content (AvgIpc) is 2.68. The number of sulfonamides is 1. The van der Waals surface area contributed by atoms with Gasteiger partial charge in [-0.3, -0.25) is 4.79 Å². The van der Waals surface area contributed by atoms with Crippen molar-refractivity contribution in [3.05, 3.63) is 24.3 Å². The summed E-state index contributed by atoms with van der Waals surface area (Å²) in [6.07, 6.45) is 0.113. The summed E-state index contributed by atoms with van der Waals surface area (Å²) < 4.78 is 22.1. The third-order valence-corrected chi connectivity index (χ3v) is 4.09. The molecular weight excluding hydrogens is 283 g/mol. The van der Waals surface area contributed by atoms with Gasteiger partial charge in [-0.2, -0.15) is 0 Å². The lowest BCUT2D eigenvalue weighted by molar-refractivity contribution is -0.117. The van der Waals surface area contributed by atoms with Gasteiger partial charge in [0.25, 0.3) is 0 Å². The van der Waals surface area contributed by atoms with Gasteiger partial charge in [-0.05, 0) is 17.6 Å². The summed E-state index contributed by atoms with van der Waals surface area (Å²) in [5.41, 5.74) is 0.780. The van der Waals surface area contributed by atoms with Gasteiger partial charge >= 0.3 is 7.12 Å². The molecule has 9 heteroatoms. The molecule has 2 rings (SSSR count). The Morgan fingerprint density at radius 3 is 2.70 bits per heavy atom. The Morgan fingerprint density at radius 1 is 1.40 bits per heavy atom. The van der Waals surface area contributed by atoms with E-state index in [-0.39, 0.29) is 36.0 Å². The molecule has 7 nitrogen and oxygen atoms in total. The summed E-state index contributed by atoms with van der Waals surface area (Å²) in [4.78, 5) is 13.3. The number of hydrogen-bond donors (Lipinski definition) is 3. The number of primary sulfonamides is 1. The first kappa shape index (κ1) is 15.0. The molecule has 0 aromatic heterocycles. The van der Waals surface area contributed by atoms with E-state index in [2.05, 4.69) is 0 Å². The van der Waals surface area contributed by atoms with E-state index in [1.54, 1.807) is 12.1 Å². The van der Waals surface area contributed by atoms with Crippen molar-refractivity contribution in [3.8, 4) is 0 Å². The van der Waals surface area contributed by atoms with E-state index in [1.165, 1.54) is 17.0 Å². The molecule has 1 aliphatic rings. The molecule has 0 saturated carbocycles. The Kier molecular flexibility index (Phi) is 4.14. The van der Waals surface area contributed by atoms with Crippen LogP contribution in [0.2, 0.25) is 0 Å². The van der Waals surface area contributed by atoms with Crippen LogP contribution in [0.3, 0.4) is 0 Å². The predicted molar refractivity (Wildman–Crippen MR) is 74.7 cm³/mol. The highest BCUT2D eigenvalue weighted by molar-refractivity contribution is 7.89. The van der Waals surface area contributed by atoms with Crippen LogP contribution < -0.4 is 15.5 Å². The minimum Gasteiger partial charge on any atom is -0.423 e. The molecule has 1 unspecified atom stereocenters. The lowest BCUT2D eigenvalue weighted by Crippen LogP contribution is -2.32. The maximum absolute atomic E-state index is 11.9. The number of nitrogens with zero attached hydrogens (tertiary/aromatic N) is 1. The van der Waals surface area contributed by atoms with Crippen LogP contribution >= 0.6 is 0 Å². The number of nitrogens with two attached hydrogens (primary N) is 1. The van der Waals surface area contributed by atoms with Crippen molar-refractivity contribution in [2.45, 2.75) is 6.42 Å². The Bertz CT molecular complexity index is 619. The molecule has 0 bridgehead atoms. The zero-order valence-electron chi connectivity index (χ0n) is 10.6. The second-order valence-corrected chi connectivity index (χ2v) is 6.53. The van der Waals surface area contributed by atoms with Crippen molar-refractivity contribution < 1.29 is 23.3 Å². The molecule has 1 aliphatic heterocycles. The van der Waals surface area contributed by atoms with Crippen molar-refractivity contribution in [1.29, 1.82) is 0 Å². The van der Waals surface area contributed by atoms with Crippen LogP contribution in [0.5, 0.6) is 0 Å². The van der Waals surface area contributed by atoms with E-state index in [0.29, 0.717) is 5.69 Å². The summed E-state index contributed by atoms with van der Waals surface area (Å²) >= 11 is 0. The van der Waals surface area contributed by atoms with Crippen molar-refractivity contribution in [3.63, 3.8) is 0 Å². The normalized spacial score (nSPS) is 19.4. The van der Waals surface area contributed by atoms with E-state index in [1.807, 2.05) is 0 Å². The molecule has 1 saturated heterocycles. The van der Waals surface area contributed by atoms with E-state index < -0.39 is 17.1 Å². The molecule has 1 aromatic rings. The van der Waals surface area contributed by atoms with Crippen LogP contribution in [-0.4, -0.2) is 43.8 Å². The summed E-state index contributed by atoms with van der Waals surface area (Å²) in [5.74, 6) is -0.791. The molecule has 108 valence electrons. The van der Waals surface area contributed by atoms with Crippen molar-refractivity contribution in [1.82, 2.24) is 0 Å². The Morgan fingerprint density at radius 2 is 2.10 bits per heavy atom. The third kappa shape index (κ3) is 3.57. The Hall–Kier alpha value is -1.42. The fraction of sp³-hybridized carbons (Fsp3) is 0.364. The van der Waals surface area contributed by atoms with Crippen LogP contribution in [0.15, 0.2) is 24.3 Å². The summed E-state index contributed by atoms with van der Waals surface area (Å²) in [5, 5.41) is 23.2. The SMILES string of the molecule is NS(=O)(=O)CC1CC(=O)N(c2cccc(B(O)O)c2)C1. The maximum atomic E-state index is 11.9. The lowest BCUT2D eigenvalue weighted by atomic mass is 9.80. The Labute approximate surface area is 117 Å². The second-order valence-electron chi connectivity index (χ2n) is 4.87. The van der Waals surface area contributed by atoms with Gasteiger partial charge in [0.05, 0.1) is 5.75 Å². The first-order chi connectivity index (χ1) is 9.26. The van der Waals surface area contributed by atoms with Gasteiger partial charge in [0.2, 0.25) is 15.9 Å². The number of benzene rings is 1. The van der Waals surface area contributed by atoms with Crippen LogP contribution in [0.25, 0.3) is 0 Å². The molecule has 1 amide bonds. The number of hydrogen-bond acceptors (Lipinski definition) is 5. The molecule has 1 atom stereocenters. The number of amides is 1. The van der Waals surface area contributed by atoms with Gasteiger partial charge in [-0.15, -0.1) is 0 Å². The molecule has 0 spiro atoms. The molecule has 1 heterocycles. The quantitative estimate of drug-likeness (QED) is 0.556. The minimum atomic E-state index is -3.62. The van der Waals surface area contributed by atoms with E-state index >= 15 is 0 Å². The van der Waals surface area contributed by atoms with Gasteiger partial charge in [0.1, 0.15) is 0 Å². The molecule has 1 fully saturated rings. The molecular formula is C11H15BN2O5S. The Balaban J connectivity index is 2.17. The van der Waals surface area contributed by atoms with Crippen LogP contribution in [-0.2, 0) is 14.8 Å². The topological polar surface area (TPSA) is 121 Å².